The molecule has 7 nitrogen and oxygen atoms in total. The summed E-state index contributed by atoms with van der Waals surface area (Å²) in [7, 11) is 1.64. The zero-order valence-corrected chi connectivity index (χ0v) is 18.6. The van der Waals surface area contributed by atoms with E-state index in [1.165, 1.54) is 34.7 Å². The highest BCUT2D eigenvalue weighted by Gasteiger charge is 2.49. The van der Waals surface area contributed by atoms with Gasteiger partial charge in [0.1, 0.15) is 5.82 Å². The highest BCUT2D eigenvalue weighted by atomic mass is 19.1. The number of nitrogens with one attached hydrogen (secondary N) is 2. The molecule has 2 aliphatic rings. The van der Waals surface area contributed by atoms with E-state index in [9.17, 15) is 19.1 Å². The Labute approximate surface area is 191 Å². The number of piperidine rings is 1. The summed E-state index contributed by atoms with van der Waals surface area (Å²) < 4.78 is 13.2. The minimum atomic E-state index is -0.909. The minimum absolute atomic E-state index is 0.142. The van der Waals surface area contributed by atoms with Gasteiger partial charge < -0.3 is 25.2 Å². The number of aliphatic hydroxyl groups excluding tert-OH is 1. The van der Waals surface area contributed by atoms with Gasteiger partial charge in [-0.1, -0.05) is 18.2 Å². The van der Waals surface area contributed by atoms with Gasteiger partial charge in [0.15, 0.2) is 0 Å². The lowest BCUT2D eigenvalue weighted by atomic mass is 9.79. The van der Waals surface area contributed by atoms with Gasteiger partial charge in [-0.15, -0.1) is 0 Å². The highest BCUT2D eigenvalue weighted by molar-refractivity contribution is 5.91. The smallest absolute Gasteiger partial charge is 0.321 e. The molecule has 0 radical (unpaired) electrons. The molecule has 0 bridgehead atoms. The number of urea groups is 1. The molecular formula is C25H27FN4O3. The van der Waals surface area contributed by atoms with Crippen LogP contribution in [0.4, 0.5) is 14.9 Å². The van der Waals surface area contributed by atoms with Crippen molar-refractivity contribution in [2.45, 2.75) is 38.0 Å². The molecule has 4 atom stereocenters. The van der Waals surface area contributed by atoms with Gasteiger partial charge >= 0.3 is 6.03 Å². The van der Waals surface area contributed by atoms with E-state index in [1.807, 2.05) is 23.1 Å². The Morgan fingerprint density at radius 1 is 1.24 bits per heavy atom. The third kappa shape index (κ3) is 3.64. The Morgan fingerprint density at radius 2 is 1.97 bits per heavy atom. The zero-order chi connectivity index (χ0) is 23.3. The summed E-state index contributed by atoms with van der Waals surface area (Å²) in [6.45, 7) is 2.18. The fourth-order valence-electron chi connectivity index (χ4n) is 5.38. The van der Waals surface area contributed by atoms with Gasteiger partial charge in [0, 0.05) is 41.9 Å². The number of aromatic amines is 1. The van der Waals surface area contributed by atoms with E-state index in [2.05, 4.69) is 16.4 Å². The number of halogens is 1. The lowest BCUT2D eigenvalue weighted by molar-refractivity contribution is -0.151. The van der Waals surface area contributed by atoms with Crippen molar-refractivity contribution >= 4 is 28.5 Å². The SMILES string of the molecule is C[C@H](O)[C@@H]1C(=O)N2CCc3c([nH]c4ccccc34)[C@@H]2C[C@@H]1N(C)C(=O)Nc1ccc(F)cc1. The lowest BCUT2D eigenvalue weighted by Crippen LogP contribution is -2.60. The van der Waals surface area contributed by atoms with E-state index in [0.29, 0.717) is 18.7 Å². The number of amides is 3. The van der Waals surface area contributed by atoms with Crippen LogP contribution in [0.25, 0.3) is 10.9 Å². The van der Waals surface area contributed by atoms with Crippen molar-refractivity contribution in [2.75, 3.05) is 18.9 Å². The summed E-state index contributed by atoms with van der Waals surface area (Å²) in [6.07, 6.45) is 0.349. The molecular weight excluding hydrogens is 423 g/mol. The van der Waals surface area contributed by atoms with Crippen molar-refractivity contribution in [1.29, 1.82) is 0 Å². The second-order valence-electron chi connectivity index (χ2n) is 8.98. The molecule has 1 aromatic heterocycles. The Kier molecular flexibility index (Phi) is 5.32. The van der Waals surface area contributed by atoms with E-state index < -0.39 is 24.1 Å². The van der Waals surface area contributed by atoms with Crippen LogP contribution in [0.3, 0.4) is 0 Å². The van der Waals surface area contributed by atoms with Crippen LogP contribution < -0.4 is 5.32 Å². The lowest BCUT2D eigenvalue weighted by Gasteiger charge is -2.48. The van der Waals surface area contributed by atoms with Crippen molar-refractivity contribution in [3.05, 3.63) is 65.6 Å². The fraction of sp³-hybridized carbons (Fsp3) is 0.360. The molecule has 33 heavy (non-hydrogen) atoms. The van der Waals surface area contributed by atoms with Gasteiger partial charge in [-0.25, -0.2) is 9.18 Å². The maximum Gasteiger partial charge on any atom is 0.321 e. The van der Waals surface area contributed by atoms with Crippen LogP contribution in [0.5, 0.6) is 0 Å². The molecule has 0 unspecified atom stereocenters. The Hall–Kier alpha value is -3.39. The number of para-hydroxylation sites is 1. The van der Waals surface area contributed by atoms with Gasteiger partial charge in [-0.3, -0.25) is 4.79 Å². The standard InChI is InChI=1S/C25H27FN4O3/c1-14(31)22-20(29(2)25(33)27-16-9-7-15(26)8-10-16)13-21-23-18(11-12-30(21)24(22)32)17-5-3-4-6-19(17)28-23/h3-10,14,20-22,28,31H,11-13H2,1-2H3,(H,27,33)/t14-,20-,21-,22-/m0/s1. The van der Waals surface area contributed by atoms with E-state index >= 15 is 0 Å². The molecule has 1 fully saturated rings. The minimum Gasteiger partial charge on any atom is -0.393 e. The first-order valence-electron chi connectivity index (χ1n) is 11.2. The molecule has 1 saturated heterocycles. The van der Waals surface area contributed by atoms with Crippen LogP contribution in [0.2, 0.25) is 0 Å². The molecule has 2 aromatic carbocycles. The number of aromatic nitrogens is 1. The van der Waals surface area contributed by atoms with Crippen LogP contribution in [0.15, 0.2) is 48.5 Å². The Bertz CT molecular complexity index is 1210. The van der Waals surface area contributed by atoms with Gasteiger partial charge in [-0.05, 0) is 55.7 Å². The number of hydrogen-bond donors (Lipinski definition) is 3. The Morgan fingerprint density at radius 3 is 2.70 bits per heavy atom. The molecule has 3 amide bonds. The number of carbonyl (C=O) groups excluding carboxylic acids is 2. The number of benzene rings is 2. The first-order chi connectivity index (χ1) is 15.8. The molecule has 0 spiro atoms. The summed E-state index contributed by atoms with van der Waals surface area (Å²) in [6, 6.07) is 12.5. The zero-order valence-electron chi connectivity index (χ0n) is 18.6. The number of rotatable bonds is 3. The van der Waals surface area contributed by atoms with Crippen molar-refractivity contribution in [3.8, 4) is 0 Å². The number of H-pyrrole nitrogens is 1. The summed E-state index contributed by atoms with van der Waals surface area (Å²) in [5, 5.41) is 14.4. The Balaban J connectivity index is 1.46. The maximum absolute atomic E-state index is 13.5. The molecule has 3 heterocycles. The molecule has 3 N–H and O–H groups in total. The first kappa shape index (κ1) is 21.5. The van der Waals surface area contributed by atoms with Crippen molar-refractivity contribution in [1.82, 2.24) is 14.8 Å². The number of aliphatic hydroxyl groups is 1. The summed E-state index contributed by atoms with van der Waals surface area (Å²) in [5.41, 5.74) is 3.72. The van der Waals surface area contributed by atoms with Gasteiger partial charge in [0.2, 0.25) is 5.91 Å². The highest BCUT2D eigenvalue weighted by Crippen LogP contribution is 2.43. The maximum atomic E-state index is 13.5. The van der Waals surface area contributed by atoms with Gasteiger partial charge in [0.05, 0.1) is 18.1 Å². The fourth-order valence-corrected chi connectivity index (χ4v) is 5.38. The number of nitrogens with zero attached hydrogens (tertiary/aromatic N) is 2. The molecule has 2 aliphatic heterocycles. The predicted molar refractivity (Wildman–Crippen MR) is 123 cm³/mol. The number of carbonyl (C=O) groups is 2. The van der Waals surface area contributed by atoms with E-state index in [-0.39, 0.29) is 17.8 Å². The topological polar surface area (TPSA) is 88.7 Å². The number of hydrogen-bond acceptors (Lipinski definition) is 3. The molecule has 3 aromatic rings. The van der Waals surface area contributed by atoms with Crippen molar-refractivity contribution in [2.24, 2.45) is 5.92 Å². The largest absolute Gasteiger partial charge is 0.393 e. The number of anilines is 1. The second kappa shape index (κ2) is 8.19. The third-order valence-corrected chi connectivity index (χ3v) is 7.04. The van der Waals surface area contributed by atoms with Crippen LogP contribution >= 0.6 is 0 Å². The average molecular weight is 451 g/mol. The average Bonchev–Trinajstić information content (AvgIpc) is 3.19. The van der Waals surface area contributed by atoms with Crippen molar-refractivity contribution in [3.63, 3.8) is 0 Å². The second-order valence-corrected chi connectivity index (χ2v) is 8.98. The normalized spacial score (nSPS) is 23.1. The molecule has 172 valence electrons. The summed E-state index contributed by atoms with van der Waals surface area (Å²) in [5.74, 6) is -1.26. The number of fused-ring (bicyclic) bond motifs is 5. The van der Waals surface area contributed by atoms with Crippen LogP contribution in [-0.4, -0.2) is 57.6 Å². The van der Waals surface area contributed by atoms with E-state index in [4.69, 9.17) is 0 Å². The molecule has 8 heteroatoms. The summed E-state index contributed by atoms with van der Waals surface area (Å²) >= 11 is 0. The van der Waals surface area contributed by atoms with E-state index in [0.717, 1.165) is 23.0 Å². The van der Waals surface area contributed by atoms with Gasteiger partial charge in [-0.2, -0.15) is 0 Å². The van der Waals surface area contributed by atoms with Crippen LogP contribution in [0.1, 0.15) is 30.6 Å². The first-order valence-corrected chi connectivity index (χ1v) is 11.2. The van der Waals surface area contributed by atoms with Crippen LogP contribution in [0, 0.1) is 11.7 Å². The third-order valence-electron chi connectivity index (χ3n) is 7.04. The quantitative estimate of drug-likeness (QED) is 0.569. The molecule has 5 rings (SSSR count). The van der Waals surface area contributed by atoms with Gasteiger partial charge in [0.25, 0.3) is 0 Å². The molecule has 0 saturated carbocycles. The van der Waals surface area contributed by atoms with Crippen LogP contribution in [-0.2, 0) is 11.2 Å². The summed E-state index contributed by atoms with van der Waals surface area (Å²) in [4.78, 5) is 33.4. The van der Waals surface area contributed by atoms with E-state index in [1.54, 1.807) is 14.0 Å². The molecule has 0 aliphatic carbocycles. The monoisotopic (exact) mass is 450 g/mol. The predicted octanol–water partition coefficient (Wildman–Crippen LogP) is 3.67. The van der Waals surface area contributed by atoms with Crippen molar-refractivity contribution < 1.29 is 19.1 Å².